The maximum Gasteiger partial charge on any atom is 0.261 e. The van der Waals surface area contributed by atoms with Crippen LogP contribution in [0.25, 0.3) is 0 Å². The van der Waals surface area contributed by atoms with Gasteiger partial charge in [0.25, 0.3) is 5.91 Å². The number of hydroxylamine groups is 1. The van der Waals surface area contributed by atoms with Crippen LogP contribution in [-0.4, -0.2) is 25.1 Å². The second-order valence-electron chi connectivity index (χ2n) is 1.39. The van der Waals surface area contributed by atoms with Crippen molar-refractivity contribution in [2.45, 2.75) is 12.2 Å². The van der Waals surface area contributed by atoms with Gasteiger partial charge < -0.3 is 4.55 Å². The molecule has 6 heteroatoms. The van der Waals surface area contributed by atoms with Crippen LogP contribution in [0.1, 0.15) is 6.92 Å². The predicted octanol–water partition coefficient (Wildman–Crippen LogP) is -0.898. The molecule has 2 atom stereocenters. The van der Waals surface area contributed by atoms with Gasteiger partial charge in [-0.05, 0) is 6.92 Å². The van der Waals surface area contributed by atoms with Crippen LogP contribution in [0.15, 0.2) is 0 Å². The van der Waals surface area contributed by atoms with Gasteiger partial charge in [0.15, 0.2) is 11.1 Å². The summed E-state index contributed by atoms with van der Waals surface area (Å²) in [6, 6.07) is 0. The second-order valence-corrected chi connectivity index (χ2v) is 2.65. The van der Waals surface area contributed by atoms with Crippen molar-refractivity contribution in [3.63, 3.8) is 0 Å². The van der Waals surface area contributed by atoms with E-state index in [0.717, 1.165) is 0 Å². The fraction of sp³-hybridized carbons (Fsp3) is 0.667. The normalized spacial score (nSPS) is 16.3. The van der Waals surface area contributed by atoms with E-state index in [2.05, 4.69) is 0 Å². The van der Waals surface area contributed by atoms with E-state index < -0.39 is 22.2 Å². The average molecular weight is 153 g/mol. The zero-order chi connectivity index (χ0) is 7.44. The summed E-state index contributed by atoms with van der Waals surface area (Å²) in [5.74, 6) is -0.865. The summed E-state index contributed by atoms with van der Waals surface area (Å²) in [4.78, 5) is 10.2. The molecule has 5 nitrogen and oxygen atoms in total. The van der Waals surface area contributed by atoms with Gasteiger partial charge in [-0.2, -0.15) is 0 Å². The number of hydrogen-bond donors (Lipinski definition) is 3. The SMILES string of the molecule is CC(C(=O)NO)S(=O)O. The van der Waals surface area contributed by atoms with E-state index >= 15 is 0 Å². The van der Waals surface area contributed by atoms with E-state index in [1.165, 1.54) is 12.4 Å². The summed E-state index contributed by atoms with van der Waals surface area (Å²) in [6.07, 6.45) is 0. The van der Waals surface area contributed by atoms with Gasteiger partial charge >= 0.3 is 0 Å². The van der Waals surface area contributed by atoms with E-state index in [-0.39, 0.29) is 0 Å². The average Bonchev–Trinajstić information content (AvgIpc) is 1.84. The van der Waals surface area contributed by atoms with Gasteiger partial charge in [-0.25, -0.2) is 9.69 Å². The fourth-order valence-corrected chi connectivity index (χ4v) is 0.418. The summed E-state index contributed by atoms with van der Waals surface area (Å²) in [5.41, 5.74) is 1.25. The monoisotopic (exact) mass is 153 g/mol. The standard InChI is InChI=1S/C3H7NO4S/c1-2(9(7)8)3(5)4-6/h2,6H,1H3,(H,4,5)(H,7,8). The number of hydrogen-bond acceptors (Lipinski definition) is 3. The Kier molecular flexibility index (Phi) is 3.36. The highest BCUT2D eigenvalue weighted by atomic mass is 32.2. The lowest BCUT2D eigenvalue weighted by atomic mass is 10.5. The van der Waals surface area contributed by atoms with E-state index in [9.17, 15) is 9.00 Å². The van der Waals surface area contributed by atoms with Gasteiger partial charge in [0.05, 0.1) is 0 Å². The van der Waals surface area contributed by atoms with Crippen LogP contribution in [0, 0.1) is 0 Å². The number of amides is 1. The maximum absolute atomic E-state index is 10.2. The molecule has 0 aromatic heterocycles. The number of nitrogens with one attached hydrogen (secondary N) is 1. The topological polar surface area (TPSA) is 86.6 Å². The lowest BCUT2D eigenvalue weighted by molar-refractivity contribution is -0.128. The molecule has 0 radical (unpaired) electrons. The van der Waals surface area contributed by atoms with Crippen LogP contribution in [-0.2, 0) is 15.9 Å². The third-order valence-electron chi connectivity index (χ3n) is 0.782. The first-order valence-electron chi connectivity index (χ1n) is 2.13. The molecule has 0 saturated carbocycles. The molecule has 0 aromatic carbocycles. The summed E-state index contributed by atoms with van der Waals surface area (Å²) in [5, 5.41) is 6.82. The Bertz CT molecular complexity index is 136. The third-order valence-corrected chi connectivity index (χ3v) is 1.60. The Morgan fingerprint density at radius 2 is 2.22 bits per heavy atom. The molecule has 0 heterocycles. The highest BCUT2D eigenvalue weighted by Gasteiger charge is 2.16. The molecule has 1 amide bonds. The molecule has 0 spiro atoms. The molecule has 0 aromatic rings. The fourth-order valence-electron chi connectivity index (χ4n) is 0.182. The first-order chi connectivity index (χ1) is 4.09. The Balaban J connectivity index is 3.88. The Labute approximate surface area is 54.3 Å². The van der Waals surface area contributed by atoms with Gasteiger partial charge in [-0.15, -0.1) is 0 Å². The minimum atomic E-state index is -2.21. The zero-order valence-electron chi connectivity index (χ0n) is 4.70. The Morgan fingerprint density at radius 3 is 2.33 bits per heavy atom. The van der Waals surface area contributed by atoms with Crippen molar-refractivity contribution in [2.24, 2.45) is 0 Å². The van der Waals surface area contributed by atoms with Crippen molar-refractivity contribution in [2.75, 3.05) is 0 Å². The number of rotatable bonds is 2. The Hall–Kier alpha value is -0.460. The lowest BCUT2D eigenvalue weighted by Crippen LogP contribution is -2.32. The number of carbonyl (C=O) groups excluding carboxylic acids is 1. The largest absolute Gasteiger partial charge is 0.305 e. The third kappa shape index (κ3) is 2.54. The van der Waals surface area contributed by atoms with Crippen molar-refractivity contribution in [1.82, 2.24) is 5.48 Å². The van der Waals surface area contributed by atoms with Gasteiger partial charge in [-0.1, -0.05) is 0 Å². The van der Waals surface area contributed by atoms with Crippen molar-refractivity contribution >= 4 is 17.0 Å². The van der Waals surface area contributed by atoms with Crippen LogP contribution >= 0.6 is 0 Å². The minimum absolute atomic E-state index is 0.865. The van der Waals surface area contributed by atoms with Crippen LogP contribution in [0.2, 0.25) is 0 Å². The maximum atomic E-state index is 10.2. The molecule has 0 saturated heterocycles. The van der Waals surface area contributed by atoms with E-state index in [0.29, 0.717) is 0 Å². The Morgan fingerprint density at radius 1 is 1.78 bits per heavy atom. The van der Waals surface area contributed by atoms with Gasteiger partial charge in [0.2, 0.25) is 0 Å². The predicted molar refractivity (Wildman–Crippen MR) is 30.2 cm³/mol. The molecule has 3 N–H and O–H groups in total. The number of carbonyl (C=O) groups is 1. The van der Waals surface area contributed by atoms with Crippen molar-refractivity contribution in [3.05, 3.63) is 0 Å². The molecular formula is C3H7NO4S. The van der Waals surface area contributed by atoms with Crippen molar-refractivity contribution < 1.29 is 18.8 Å². The molecule has 0 aliphatic carbocycles. The van der Waals surface area contributed by atoms with Crippen LogP contribution in [0.3, 0.4) is 0 Å². The molecule has 54 valence electrons. The van der Waals surface area contributed by atoms with Crippen LogP contribution in [0.5, 0.6) is 0 Å². The molecular weight excluding hydrogens is 146 g/mol. The first-order valence-corrected chi connectivity index (χ1v) is 3.30. The summed E-state index contributed by atoms with van der Waals surface area (Å²) < 4.78 is 18.3. The first kappa shape index (κ1) is 8.54. The lowest BCUT2D eigenvalue weighted by Gasteiger charge is -2.01. The second kappa shape index (κ2) is 3.54. The molecule has 0 fully saturated rings. The quantitative estimate of drug-likeness (QED) is 0.272. The molecule has 9 heavy (non-hydrogen) atoms. The summed E-state index contributed by atoms with van der Waals surface area (Å²) in [6.45, 7) is 1.22. The summed E-state index contributed by atoms with van der Waals surface area (Å²) >= 11 is -2.21. The van der Waals surface area contributed by atoms with E-state index in [1.54, 1.807) is 0 Å². The molecule has 0 aliphatic heterocycles. The molecule has 0 rings (SSSR count). The van der Waals surface area contributed by atoms with Gasteiger partial charge in [0.1, 0.15) is 5.25 Å². The van der Waals surface area contributed by atoms with E-state index in [1.807, 2.05) is 0 Å². The van der Waals surface area contributed by atoms with Crippen molar-refractivity contribution in [1.29, 1.82) is 0 Å². The van der Waals surface area contributed by atoms with Gasteiger partial charge in [0, 0.05) is 0 Å². The van der Waals surface area contributed by atoms with Crippen molar-refractivity contribution in [3.8, 4) is 0 Å². The minimum Gasteiger partial charge on any atom is -0.305 e. The smallest absolute Gasteiger partial charge is 0.261 e. The highest BCUT2D eigenvalue weighted by Crippen LogP contribution is 1.89. The molecule has 0 bridgehead atoms. The van der Waals surface area contributed by atoms with Crippen LogP contribution < -0.4 is 5.48 Å². The zero-order valence-corrected chi connectivity index (χ0v) is 5.51. The summed E-state index contributed by atoms with van der Waals surface area (Å²) in [7, 11) is 0. The van der Waals surface area contributed by atoms with Gasteiger partial charge in [-0.3, -0.25) is 10.0 Å². The molecule has 2 unspecified atom stereocenters. The van der Waals surface area contributed by atoms with E-state index in [4.69, 9.17) is 9.76 Å². The molecule has 0 aliphatic rings. The highest BCUT2D eigenvalue weighted by molar-refractivity contribution is 7.80. The van der Waals surface area contributed by atoms with Crippen LogP contribution in [0.4, 0.5) is 0 Å².